The van der Waals surface area contributed by atoms with Crippen LogP contribution in [-0.4, -0.2) is 34.9 Å². The lowest BCUT2D eigenvalue weighted by Gasteiger charge is -2.28. The van der Waals surface area contributed by atoms with Gasteiger partial charge in [-0.1, -0.05) is 125 Å². The summed E-state index contributed by atoms with van der Waals surface area (Å²) >= 11 is 0. The molecule has 0 aliphatic carbocycles. The van der Waals surface area contributed by atoms with E-state index in [9.17, 15) is 0 Å². The first kappa shape index (κ1) is 75.8. The number of aryl methyl sites for hydroxylation is 10. The number of aromatic nitrogens is 7. The highest BCUT2D eigenvalue weighted by molar-refractivity contribution is 5.52. The summed E-state index contributed by atoms with van der Waals surface area (Å²) in [5.41, 5.74) is 37.0. The van der Waals surface area contributed by atoms with Crippen LogP contribution in [-0.2, 0) is 32.5 Å². The van der Waals surface area contributed by atoms with Crippen LogP contribution in [0.4, 0.5) is 0 Å². The quantitative estimate of drug-likeness (QED) is 0.150. The van der Waals surface area contributed by atoms with E-state index in [0.29, 0.717) is 0 Å². The smallest absolute Gasteiger partial charge is 0.125 e. The van der Waals surface area contributed by atoms with Gasteiger partial charge in [0.15, 0.2) is 0 Å². The van der Waals surface area contributed by atoms with E-state index in [1.165, 1.54) is 100 Å². The molecule has 0 aliphatic heterocycles. The van der Waals surface area contributed by atoms with Crippen molar-refractivity contribution >= 4 is 0 Å². The molecule has 6 rings (SSSR count). The molecule has 0 N–H and O–H groups in total. The van der Waals surface area contributed by atoms with Crippen molar-refractivity contribution in [3.8, 4) is 0 Å². The van der Waals surface area contributed by atoms with E-state index in [-0.39, 0.29) is 32.5 Å². The largest absolute Gasteiger partial charge is 0.258 e. The Bertz CT molecular complexity index is 3170. The van der Waals surface area contributed by atoms with Gasteiger partial charge in [-0.25, -0.2) is 9.97 Å². The fraction of sp³-hybridized carbons (Fsp3) is 0.618. The molecule has 0 saturated heterocycles. The number of hydrogen-bond donors (Lipinski definition) is 0. The Hall–Kier alpha value is -5.17. The first-order valence-corrected chi connectivity index (χ1v) is 30.6. The summed E-state index contributed by atoms with van der Waals surface area (Å²) in [4.78, 5) is 31.7. The van der Waals surface area contributed by atoms with E-state index in [4.69, 9.17) is 4.98 Å². The molecule has 0 saturated carbocycles. The van der Waals surface area contributed by atoms with Gasteiger partial charge in [-0.05, 0) is 265 Å². The first-order valence-electron chi connectivity index (χ1n) is 30.6. The summed E-state index contributed by atoms with van der Waals surface area (Å²) in [5, 5.41) is 0. The second kappa shape index (κ2) is 28.4. The summed E-state index contributed by atoms with van der Waals surface area (Å²) in [6.45, 7) is 89.2. The minimum absolute atomic E-state index is 0.0928. The van der Waals surface area contributed by atoms with E-state index < -0.39 is 0 Å². The van der Waals surface area contributed by atoms with E-state index in [1.807, 2.05) is 34.6 Å². The molecule has 0 amide bonds. The number of pyridine rings is 3. The van der Waals surface area contributed by atoms with Crippen molar-refractivity contribution in [2.24, 2.45) is 0 Å². The summed E-state index contributed by atoms with van der Waals surface area (Å²) in [6.07, 6.45) is 0. The van der Waals surface area contributed by atoms with Crippen molar-refractivity contribution in [3.05, 3.63) is 163 Å². The topological polar surface area (TPSA) is 90.2 Å². The molecule has 0 spiro atoms. The molecule has 0 radical (unpaired) electrons. The Morgan fingerprint density at radius 2 is 0.410 bits per heavy atom. The average Bonchev–Trinajstić information content (AvgIpc) is 3.37. The van der Waals surface area contributed by atoms with Gasteiger partial charge in [0, 0.05) is 56.1 Å². The molecule has 0 fully saturated rings. The number of benzene rings is 1. The van der Waals surface area contributed by atoms with Crippen LogP contribution in [0.15, 0.2) is 0 Å². The second-order valence-electron chi connectivity index (χ2n) is 30.4. The predicted octanol–water partition coefficient (Wildman–Crippen LogP) is 20.8. The van der Waals surface area contributed by atoms with Crippen LogP contribution in [0.3, 0.4) is 0 Å². The van der Waals surface area contributed by atoms with Gasteiger partial charge in [0.2, 0.25) is 0 Å². The Morgan fingerprint density at radius 1 is 0.157 bits per heavy atom. The molecule has 7 heteroatoms. The second-order valence-corrected chi connectivity index (χ2v) is 30.4. The van der Waals surface area contributed by atoms with Gasteiger partial charge in [-0.2, -0.15) is 0 Å². The van der Waals surface area contributed by atoms with Gasteiger partial charge in [-0.15, -0.1) is 0 Å². The number of rotatable bonds is 0. The van der Waals surface area contributed by atoms with Gasteiger partial charge in [0.05, 0.1) is 28.5 Å². The van der Waals surface area contributed by atoms with E-state index in [2.05, 4.69) is 279 Å². The minimum atomic E-state index is 0.0928. The highest BCUT2D eigenvalue weighted by Crippen LogP contribution is 2.36. The van der Waals surface area contributed by atoms with Crippen LogP contribution in [0.1, 0.15) is 288 Å². The maximum atomic E-state index is 4.70. The van der Waals surface area contributed by atoms with Crippen LogP contribution < -0.4 is 0 Å². The van der Waals surface area contributed by atoms with Crippen molar-refractivity contribution in [1.82, 2.24) is 34.9 Å². The molecule has 1 aromatic carbocycles. The third kappa shape index (κ3) is 20.0. The molecular formula is C76H123N7. The number of hydrogen-bond acceptors (Lipinski definition) is 7. The highest BCUT2D eigenvalue weighted by atomic mass is 14.9. The van der Waals surface area contributed by atoms with Crippen molar-refractivity contribution in [1.29, 1.82) is 0 Å². The summed E-state index contributed by atoms with van der Waals surface area (Å²) in [7, 11) is 0. The lowest BCUT2D eigenvalue weighted by molar-refractivity contribution is 0.556. The van der Waals surface area contributed by atoms with Crippen molar-refractivity contribution in [3.63, 3.8) is 0 Å². The summed E-state index contributed by atoms with van der Waals surface area (Å²) < 4.78 is 0. The summed E-state index contributed by atoms with van der Waals surface area (Å²) in [5.74, 6) is 0.869. The molecule has 0 aliphatic rings. The lowest BCUT2D eigenvalue weighted by Crippen LogP contribution is -2.17. The average molecular weight is 1130 g/mol. The van der Waals surface area contributed by atoms with Gasteiger partial charge in [0.1, 0.15) is 5.82 Å². The van der Waals surface area contributed by atoms with Crippen molar-refractivity contribution in [2.75, 3.05) is 0 Å². The fourth-order valence-corrected chi connectivity index (χ4v) is 11.8. The maximum Gasteiger partial charge on any atom is 0.125 e. The molecule has 0 bridgehead atoms. The van der Waals surface area contributed by atoms with Gasteiger partial charge >= 0.3 is 0 Å². The molecule has 0 atom stereocenters. The molecule has 0 unspecified atom stereocenters. The van der Waals surface area contributed by atoms with Crippen molar-refractivity contribution < 1.29 is 0 Å². The third-order valence-corrected chi connectivity index (χ3v) is 17.0. The zero-order valence-corrected chi connectivity index (χ0v) is 61.6. The minimum Gasteiger partial charge on any atom is -0.258 e. The first-order chi connectivity index (χ1) is 37.1. The molecule has 83 heavy (non-hydrogen) atoms. The van der Waals surface area contributed by atoms with Crippen LogP contribution in [0, 0.1) is 159 Å². The third-order valence-electron chi connectivity index (χ3n) is 17.0. The molecular weight excluding hydrogens is 1010 g/mol. The molecule has 6 aromatic rings. The Balaban J connectivity index is 0.000000498. The van der Waals surface area contributed by atoms with E-state index in [1.54, 1.807) is 0 Å². The zero-order valence-electron chi connectivity index (χ0n) is 61.6. The maximum absolute atomic E-state index is 4.70. The van der Waals surface area contributed by atoms with Crippen LogP contribution in [0.2, 0.25) is 0 Å². The Morgan fingerprint density at radius 3 is 0.795 bits per heavy atom. The molecule has 462 valence electrons. The van der Waals surface area contributed by atoms with Crippen LogP contribution in [0.25, 0.3) is 0 Å². The van der Waals surface area contributed by atoms with Crippen LogP contribution >= 0.6 is 0 Å². The zero-order chi connectivity index (χ0) is 65.7. The van der Waals surface area contributed by atoms with Crippen LogP contribution in [0.5, 0.6) is 0 Å². The fourth-order valence-electron chi connectivity index (χ4n) is 11.8. The monoisotopic (exact) mass is 1130 g/mol. The SMILES string of the molecule is Cc1c(C)c(C)c(C(C)(C)C)c(C)c1C.Cc1nc(C(C)(C)C)c(C)c(C)c1C.Cc1nc(C)c(C(C)(C)C)c(C)c1C.Cc1nc(C)c(C(C)(C)C)nc1C.Cc1nc(C)c(C)c(C(C)(C)C)c1C.Cc1nc(C)c(C)c(C(C)(C)C)n1. The Kier molecular flexibility index (Phi) is 25.9. The highest BCUT2D eigenvalue weighted by Gasteiger charge is 2.26. The number of nitrogens with zero attached hydrogens (tertiary/aromatic N) is 7. The Labute approximate surface area is 511 Å². The lowest BCUT2D eigenvalue weighted by atomic mass is 9.77. The van der Waals surface area contributed by atoms with Gasteiger partial charge in [-0.3, -0.25) is 24.9 Å². The van der Waals surface area contributed by atoms with Gasteiger partial charge in [0.25, 0.3) is 0 Å². The van der Waals surface area contributed by atoms with E-state index in [0.717, 1.165) is 62.8 Å². The van der Waals surface area contributed by atoms with E-state index >= 15 is 0 Å². The molecule has 5 heterocycles. The molecule has 7 nitrogen and oxygen atoms in total. The van der Waals surface area contributed by atoms with Gasteiger partial charge < -0.3 is 0 Å². The van der Waals surface area contributed by atoms with Crippen molar-refractivity contribution in [2.45, 2.75) is 316 Å². The standard InChI is InChI=1S/C15H24.3C13H21N.2C11H18N2/c1-9-10(2)12(4)14(15(6,7)8)13(5)11(9)3;1-8-10(3)14-11(4)9(2)12(8)13(5,6)7;1-8-9(2)12(13(5,6)7)11(4)14-10(8)3;1-8-9(2)11(4)14-12(10(8)3)13(5,6)7;1-7-8(2)13-10(9(3)12-7)11(4,5)6;1-7-8(2)12-9(3)13-10(7)11(4,5)6/h1-8H3;3*1-7H3;2*1-6H3. The predicted molar refractivity (Wildman–Crippen MR) is 364 cm³/mol. The molecule has 5 aromatic heterocycles. The summed E-state index contributed by atoms with van der Waals surface area (Å²) in [6, 6.07) is 0. The normalized spacial score (nSPS) is 11.9.